The van der Waals surface area contributed by atoms with Crippen molar-refractivity contribution in [1.29, 1.82) is 0 Å². The summed E-state index contributed by atoms with van der Waals surface area (Å²) in [5.74, 6) is -1.94. The molecule has 23 heavy (non-hydrogen) atoms. The van der Waals surface area contributed by atoms with Gasteiger partial charge in [-0.3, -0.25) is 9.69 Å². The van der Waals surface area contributed by atoms with Crippen LogP contribution in [0.1, 0.15) is 10.4 Å². The first-order valence-electron chi connectivity index (χ1n) is 7.68. The number of ether oxygens (including phenoxy) is 1. The fourth-order valence-electron chi connectivity index (χ4n) is 3.04. The summed E-state index contributed by atoms with van der Waals surface area (Å²) in [6.07, 6.45) is 0. The van der Waals surface area contributed by atoms with Crippen LogP contribution in [0.3, 0.4) is 0 Å². The highest BCUT2D eigenvalue weighted by Gasteiger charge is 2.40. The number of amides is 1. The van der Waals surface area contributed by atoms with E-state index in [9.17, 15) is 18.7 Å². The third kappa shape index (κ3) is 3.36. The summed E-state index contributed by atoms with van der Waals surface area (Å²) in [4.78, 5) is 16.1. The molecule has 1 N–H and O–H groups in total. The van der Waals surface area contributed by atoms with Crippen LogP contribution in [0, 0.1) is 17.0 Å². The zero-order chi connectivity index (χ0) is 16.4. The SMILES string of the molecule is O=C(c1ccc(F)cc1F)N1CCN(CC2(CO)COC2)CC1. The first-order chi connectivity index (χ1) is 11.0. The first kappa shape index (κ1) is 16.3. The number of halogens is 2. The monoisotopic (exact) mass is 326 g/mol. The van der Waals surface area contributed by atoms with Gasteiger partial charge in [-0.15, -0.1) is 0 Å². The molecule has 2 heterocycles. The molecule has 0 aliphatic carbocycles. The van der Waals surface area contributed by atoms with Gasteiger partial charge in [0.05, 0.1) is 30.8 Å². The van der Waals surface area contributed by atoms with Crippen molar-refractivity contribution < 1.29 is 23.4 Å². The maximum Gasteiger partial charge on any atom is 0.256 e. The quantitative estimate of drug-likeness (QED) is 0.886. The van der Waals surface area contributed by atoms with Crippen LogP contribution in [0.15, 0.2) is 18.2 Å². The van der Waals surface area contributed by atoms with E-state index in [1.807, 2.05) is 0 Å². The van der Waals surface area contributed by atoms with Crippen molar-refractivity contribution >= 4 is 5.91 Å². The smallest absolute Gasteiger partial charge is 0.256 e. The standard InChI is InChI=1S/C16H20F2N2O3/c17-12-1-2-13(14(18)7-12)15(22)20-5-3-19(4-6-20)8-16(9-21)10-23-11-16/h1-2,7,21H,3-6,8-11H2. The maximum atomic E-state index is 13.7. The average Bonchev–Trinajstić information content (AvgIpc) is 2.51. The van der Waals surface area contributed by atoms with Gasteiger partial charge in [0.15, 0.2) is 0 Å². The third-order valence-electron chi connectivity index (χ3n) is 4.53. The molecule has 2 aliphatic heterocycles. The van der Waals surface area contributed by atoms with Gasteiger partial charge in [-0.1, -0.05) is 0 Å². The van der Waals surface area contributed by atoms with Crippen molar-refractivity contribution in [3.63, 3.8) is 0 Å². The molecular weight excluding hydrogens is 306 g/mol. The minimum absolute atomic E-state index is 0.0902. The summed E-state index contributed by atoms with van der Waals surface area (Å²) in [6.45, 7) is 4.24. The molecule has 0 bridgehead atoms. The molecule has 1 amide bonds. The molecule has 0 spiro atoms. The number of piperazine rings is 1. The van der Waals surface area contributed by atoms with E-state index in [0.29, 0.717) is 39.4 Å². The van der Waals surface area contributed by atoms with E-state index in [1.54, 1.807) is 4.90 Å². The van der Waals surface area contributed by atoms with Crippen molar-refractivity contribution in [1.82, 2.24) is 9.80 Å². The van der Waals surface area contributed by atoms with E-state index in [4.69, 9.17) is 4.74 Å². The zero-order valence-electron chi connectivity index (χ0n) is 12.8. The average molecular weight is 326 g/mol. The molecule has 2 aliphatic rings. The first-order valence-corrected chi connectivity index (χ1v) is 7.68. The Labute approximate surface area is 133 Å². The lowest BCUT2D eigenvalue weighted by Crippen LogP contribution is -2.57. The second kappa shape index (κ2) is 6.51. The highest BCUT2D eigenvalue weighted by molar-refractivity contribution is 5.94. The lowest BCUT2D eigenvalue weighted by molar-refractivity contribution is -0.150. The molecular formula is C16H20F2N2O3. The second-order valence-corrected chi connectivity index (χ2v) is 6.34. The van der Waals surface area contributed by atoms with Gasteiger partial charge in [0.25, 0.3) is 5.91 Å². The molecule has 0 aromatic heterocycles. The van der Waals surface area contributed by atoms with Crippen LogP contribution in [-0.4, -0.2) is 73.4 Å². The summed E-state index contributed by atoms with van der Waals surface area (Å²) < 4.78 is 31.8. The number of aliphatic hydroxyl groups excluding tert-OH is 1. The lowest BCUT2D eigenvalue weighted by atomic mass is 9.86. The molecule has 0 saturated carbocycles. The molecule has 126 valence electrons. The molecule has 2 saturated heterocycles. The molecule has 5 nitrogen and oxygen atoms in total. The number of benzene rings is 1. The van der Waals surface area contributed by atoms with Crippen molar-refractivity contribution in [3.8, 4) is 0 Å². The lowest BCUT2D eigenvalue weighted by Gasteiger charge is -2.45. The second-order valence-electron chi connectivity index (χ2n) is 6.34. The molecule has 1 aromatic carbocycles. The Morgan fingerprint density at radius 1 is 1.22 bits per heavy atom. The Bertz CT molecular complexity index is 579. The predicted octanol–water partition coefficient (Wildman–Crippen LogP) is 0.732. The van der Waals surface area contributed by atoms with Gasteiger partial charge < -0.3 is 14.7 Å². The minimum Gasteiger partial charge on any atom is -0.396 e. The number of nitrogens with zero attached hydrogens (tertiary/aromatic N) is 2. The fourth-order valence-corrected chi connectivity index (χ4v) is 3.04. The van der Waals surface area contributed by atoms with Gasteiger partial charge in [-0.2, -0.15) is 0 Å². The largest absolute Gasteiger partial charge is 0.396 e. The van der Waals surface area contributed by atoms with Crippen LogP contribution in [0.5, 0.6) is 0 Å². The number of hydrogen-bond donors (Lipinski definition) is 1. The van der Waals surface area contributed by atoms with Crippen LogP contribution < -0.4 is 0 Å². The molecule has 0 radical (unpaired) electrons. The van der Waals surface area contributed by atoms with E-state index in [2.05, 4.69) is 4.90 Å². The van der Waals surface area contributed by atoms with Crippen molar-refractivity contribution in [2.24, 2.45) is 5.41 Å². The van der Waals surface area contributed by atoms with Gasteiger partial charge >= 0.3 is 0 Å². The van der Waals surface area contributed by atoms with E-state index in [-0.39, 0.29) is 17.6 Å². The number of carbonyl (C=O) groups excluding carboxylic acids is 1. The summed E-state index contributed by atoms with van der Waals surface area (Å²) in [7, 11) is 0. The Hall–Kier alpha value is -1.57. The summed E-state index contributed by atoms with van der Waals surface area (Å²) in [5.41, 5.74) is -0.283. The predicted molar refractivity (Wildman–Crippen MR) is 79.0 cm³/mol. The van der Waals surface area contributed by atoms with Gasteiger partial charge in [0.2, 0.25) is 0 Å². The molecule has 7 heteroatoms. The van der Waals surface area contributed by atoms with Gasteiger partial charge in [-0.25, -0.2) is 8.78 Å². The van der Waals surface area contributed by atoms with E-state index >= 15 is 0 Å². The molecule has 1 aromatic rings. The van der Waals surface area contributed by atoms with Crippen LogP contribution in [0.4, 0.5) is 8.78 Å². The molecule has 2 fully saturated rings. The Balaban J connectivity index is 1.57. The van der Waals surface area contributed by atoms with Crippen molar-refractivity contribution in [2.45, 2.75) is 0 Å². The molecule has 3 rings (SSSR count). The number of hydrogen-bond acceptors (Lipinski definition) is 4. The van der Waals surface area contributed by atoms with Crippen LogP contribution in [0.25, 0.3) is 0 Å². The summed E-state index contributed by atoms with van der Waals surface area (Å²) in [5, 5.41) is 9.47. The Morgan fingerprint density at radius 2 is 1.91 bits per heavy atom. The summed E-state index contributed by atoms with van der Waals surface area (Å²) in [6, 6.07) is 3.01. The van der Waals surface area contributed by atoms with Gasteiger partial charge in [0.1, 0.15) is 11.6 Å². The maximum absolute atomic E-state index is 13.7. The van der Waals surface area contributed by atoms with Crippen LogP contribution in [0.2, 0.25) is 0 Å². The fraction of sp³-hybridized carbons (Fsp3) is 0.562. The van der Waals surface area contributed by atoms with Crippen molar-refractivity contribution in [2.75, 3.05) is 52.5 Å². The topological polar surface area (TPSA) is 53.0 Å². The minimum atomic E-state index is -0.830. The van der Waals surface area contributed by atoms with Crippen LogP contribution in [-0.2, 0) is 4.74 Å². The van der Waals surface area contributed by atoms with Gasteiger partial charge in [0, 0.05) is 38.8 Å². The van der Waals surface area contributed by atoms with E-state index in [0.717, 1.165) is 18.7 Å². The summed E-state index contributed by atoms with van der Waals surface area (Å²) >= 11 is 0. The highest BCUT2D eigenvalue weighted by Crippen LogP contribution is 2.28. The molecule has 0 unspecified atom stereocenters. The Morgan fingerprint density at radius 3 is 2.43 bits per heavy atom. The molecule has 0 atom stereocenters. The van der Waals surface area contributed by atoms with Gasteiger partial charge in [-0.05, 0) is 12.1 Å². The van der Waals surface area contributed by atoms with E-state index < -0.39 is 17.5 Å². The number of rotatable bonds is 4. The number of aliphatic hydroxyl groups is 1. The normalized spacial score (nSPS) is 21.1. The van der Waals surface area contributed by atoms with Crippen LogP contribution >= 0.6 is 0 Å². The third-order valence-corrected chi connectivity index (χ3v) is 4.53. The van der Waals surface area contributed by atoms with E-state index in [1.165, 1.54) is 6.07 Å². The Kier molecular flexibility index (Phi) is 4.61. The zero-order valence-corrected chi connectivity index (χ0v) is 12.8. The van der Waals surface area contributed by atoms with Crippen molar-refractivity contribution in [3.05, 3.63) is 35.4 Å². The highest BCUT2D eigenvalue weighted by atomic mass is 19.1. The number of carbonyl (C=O) groups is 1.